The van der Waals surface area contributed by atoms with Crippen LogP contribution in [0.5, 0.6) is 17.4 Å². The van der Waals surface area contributed by atoms with Crippen LogP contribution in [0.1, 0.15) is 31.4 Å². The number of benzene rings is 1. The Morgan fingerprint density at radius 3 is 2.49 bits per heavy atom. The van der Waals surface area contributed by atoms with Crippen molar-refractivity contribution >= 4 is 27.9 Å². The molecule has 0 saturated carbocycles. The second kappa shape index (κ2) is 13.9. The van der Waals surface area contributed by atoms with Gasteiger partial charge in [0.05, 0.1) is 24.4 Å². The van der Waals surface area contributed by atoms with Gasteiger partial charge in [0.1, 0.15) is 23.1 Å². The number of alkyl halides is 3. The highest BCUT2D eigenvalue weighted by Gasteiger charge is 2.35. The maximum Gasteiger partial charge on any atom is 0.417 e. The van der Waals surface area contributed by atoms with Crippen molar-refractivity contribution in [2.24, 2.45) is 0 Å². The Labute approximate surface area is 240 Å². The fraction of sp³-hybridized carbons (Fsp3) is 0.520. The Bertz CT molecular complexity index is 1310. The van der Waals surface area contributed by atoms with Crippen molar-refractivity contribution in [2.75, 3.05) is 40.0 Å². The molecule has 2 aromatic rings. The lowest BCUT2D eigenvalue weighted by Crippen LogP contribution is -2.56. The molecule has 1 fully saturated rings. The molecule has 1 aromatic carbocycles. The monoisotopic (exact) mass is 624 g/mol. The summed E-state index contributed by atoms with van der Waals surface area (Å²) in [5.74, 6) is 0.163. The van der Waals surface area contributed by atoms with Gasteiger partial charge in [-0.2, -0.15) is 25.9 Å². The Balaban J connectivity index is 1.80. The quantitative estimate of drug-likeness (QED) is 0.326. The summed E-state index contributed by atoms with van der Waals surface area (Å²) in [6, 6.07) is 5.34. The number of carbonyl (C=O) groups excluding carboxylic acids is 1. The molecule has 228 valence electrons. The largest absolute Gasteiger partial charge is 0.529 e. The molecule has 2 atom stereocenters. The third kappa shape index (κ3) is 8.82. The van der Waals surface area contributed by atoms with Crippen LogP contribution in [0.3, 0.4) is 0 Å². The molecule has 0 aliphatic carbocycles. The molecular weight excluding hydrogens is 595 g/mol. The van der Waals surface area contributed by atoms with E-state index < -0.39 is 46.8 Å². The Morgan fingerprint density at radius 1 is 1.22 bits per heavy atom. The molecular formula is C25H30ClF3N3O8S-. The van der Waals surface area contributed by atoms with E-state index in [0.717, 1.165) is 4.31 Å². The van der Waals surface area contributed by atoms with Crippen LogP contribution in [0.25, 0.3) is 0 Å². The first-order valence-corrected chi connectivity index (χ1v) is 14.3. The highest BCUT2D eigenvalue weighted by atomic mass is 35.5. The number of amides is 1. The first kappa shape index (κ1) is 32.7. The van der Waals surface area contributed by atoms with Crippen molar-refractivity contribution in [3.8, 4) is 17.4 Å². The van der Waals surface area contributed by atoms with Gasteiger partial charge in [-0.25, -0.2) is 9.29 Å². The van der Waals surface area contributed by atoms with Gasteiger partial charge in [0.25, 0.3) is 0 Å². The number of rotatable bonds is 12. The van der Waals surface area contributed by atoms with Crippen molar-refractivity contribution in [3.05, 3.63) is 46.6 Å². The van der Waals surface area contributed by atoms with Crippen LogP contribution in [0.15, 0.2) is 30.5 Å². The van der Waals surface area contributed by atoms with Gasteiger partial charge in [-0.1, -0.05) is 17.7 Å². The topological polar surface area (TPSA) is 131 Å². The molecule has 0 unspecified atom stereocenters. The molecule has 11 nitrogen and oxygen atoms in total. The van der Waals surface area contributed by atoms with E-state index in [4.69, 9.17) is 30.5 Å². The number of ether oxygens (including phenoxy) is 4. The average molecular weight is 625 g/mol. The first-order chi connectivity index (χ1) is 19.2. The Morgan fingerprint density at radius 2 is 1.90 bits per heavy atom. The highest BCUT2D eigenvalue weighted by Crippen LogP contribution is 2.36. The fourth-order valence-corrected chi connectivity index (χ4v) is 5.93. The third-order valence-corrected chi connectivity index (χ3v) is 8.05. The maximum absolute atomic E-state index is 13.1. The zero-order chi connectivity index (χ0) is 30.4. The number of hydrogen-bond acceptors (Lipinski definition) is 9. The predicted molar refractivity (Wildman–Crippen MR) is 139 cm³/mol. The number of hydrogen-bond donors (Lipinski definition) is 0. The lowest BCUT2D eigenvalue weighted by Gasteiger charge is -2.38. The minimum Gasteiger partial charge on any atom is -0.529 e. The molecule has 0 N–H and O–H groups in total. The molecule has 1 aromatic heterocycles. The summed E-state index contributed by atoms with van der Waals surface area (Å²) < 4.78 is 88.4. The van der Waals surface area contributed by atoms with E-state index in [9.17, 15) is 31.5 Å². The van der Waals surface area contributed by atoms with E-state index in [2.05, 4.69) is 4.98 Å². The number of methoxy groups -OCH3 is 1. The SMILES string of the molecule is COCCOc1ccc(CCCN(C(=O)[O-])S(=O)(=O)N2C[C@@H](C)O[C@@H](C)C2)c(Oc2ncc(C(F)(F)F)cc2Cl)c1. The van der Waals surface area contributed by atoms with E-state index in [1.165, 1.54) is 13.2 Å². The maximum atomic E-state index is 13.1. The molecule has 1 aliphatic heterocycles. The summed E-state index contributed by atoms with van der Waals surface area (Å²) in [5, 5.41) is 11.4. The zero-order valence-electron chi connectivity index (χ0n) is 22.5. The molecule has 0 bridgehead atoms. The fourth-order valence-electron chi connectivity index (χ4n) is 4.10. The summed E-state index contributed by atoms with van der Waals surface area (Å²) in [5.41, 5.74) is -0.592. The summed E-state index contributed by atoms with van der Waals surface area (Å²) in [6.07, 6.45) is -6.67. The standard InChI is InChI=1S/C25H31ClF3N3O8S/c1-16-14-31(15-17(2)39-16)41(35,36)32(24(33)34)8-4-5-18-6-7-20(38-10-9-37-3)12-22(18)40-23-21(26)11-19(13-30-23)25(27,28)29/h6-7,11-13,16-17H,4-5,8-10,14-15H2,1-3H3,(H,33,34)/p-1/t16-,17+. The zero-order valence-corrected chi connectivity index (χ0v) is 24.1. The van der Waals surface area contributed by atoms with Gasteiger partial charge in [0.2, 0.25) is 5.88 Å². The van der Waals surface area contributed by atoms with E-state index in [1.54, 1.807) is 26.0 Å². The van der Waals surface area contributed by atoms with Gasteiger partial charge >= 0.3 is 16.4 Å². The van der Waals surface area contributed by atoms with Crippen LogP contribution in [-0.4, -0.2) is 80.3 Å². The molecule has 0 radical (unpaired) electrons. The van der Waals surface area contributed by atoms with Gasteiger partial charge in [-0.05, 0) is 44.4 Å². The van der Waals surface area contributed by atoms with Crippen molar-refractivity contribution in [1.29, 1.82) is 0 Å². The lowest BCUT2D eigenvalue weighted by molar-refractivity contribution is -0.259. The van der Waals surface area contributed by atoms with Crippen molar-refractivity contribution in [2.45, 2.75) is 45.1 Å². The van der Waals surface area contributed by atoms with Crippen LogP contribution in [0, 0.1) is 0 Å². The number of carboxylic acid groups (broad SMARTS) is 1. The van der Waals surface area contributed by atoms with Crippen LogP contribution in [0.2, 0.25) is 5.02 Å². The van der Waals surface area contributed by atoms with Crippen LogP contribution >= 0.6 is 11.6 Å². The van der Waals surface area contributed by atoms with Gasteiger partial charge in [-0.15, -0.1) is 0 Å². The summed E-state index contributed by atoms with van der Waals surface area (Å²) in [7, 11) is -2.91. The number of carbonyl (C=O) groups is 1. The number of halogens is 4. The van der Waals surface area contributed by atoms with Crippen molar-refractivity contribution < 1.29 is 50.4 Å². The lowest BCUT2D eigenvalue weighted by atomic mass is 10.1. The van der Waals surface area contributed by atoms with E-state index in [-0.39, 0.29) is 53.5 Å². The molecule has 0 spiro atoms. The first-order valence-electron chi connectivity index (χ1n) is 12.5. The van der Waals surface area contributed by atoms with E-state index in [1.807, 2.05) is 0 Å². The molecule has 2 heterocycles. The summed E-state index contributed by atoms with van der Waals surface area (Å²) in [4.78, 5) is 15.5. The van der Waals surface area contributed by atoms with Crippen LogP contribution in [0.4, 0.5) is 18.0 Å². The van der Waals surface area contributed by atoms with Crippen LogP contribution < -0.4 is 14.6 Å². The number of nitrogens with zero attached hydrogens (tertiary/aromatic N) is 3. The van der Waals surface area contributed by atoms with Gasteiger partial charge < -0.3 is 28.8 Å². The van der Waals surface area contributed by atoms with E-state index in [0.29, 0.717) is 30.2 Å². The highest BCUT2D eigenvalue weighted by molar-refractivity contribution is 7.87. The number of pyridine rings is 1. The number of morpholine rings is 1. The third-order valence-electron chi connectivity index (χ3n) is 5.94. The normalized spacial score (nSPS) is 18.2. The molecule has 1 amide bonds. The Hall–Kier alpha value is -2.85. The molecule has 1 saturated heterocycles. The average Bonchev–Trinajstić information content (AvgIpc) is 2.87. The second-order valence-electron chi connectivity index (χ2n) is 9.25. The predicted octanol–water partition coefficient (Wildman–Crippen LogP) is 3.50. The van der Waals surface area contributed by atoms with Gasteiger partial charge in [-0.3, -0.25) is 0 Å². The molecule has 41 heavy (non-hydrogen) atoms. The molecule has 3 rings (SSSR count). The second-order valence-corrected chi connectivity index (χ2v) is 11.5. The van der Waals surface area contributed by atoms with Crippen LogP contribution in [-0.2, 0) is 32.3 Å². The van der Waals surface area contributed by atoms with E-state index >= 15 is 0 Å². The molecule has 1 aliphatic rings. The minimum absolute atomic E-state index is 0.0140. The minimum atomic E-state index is -4.65. The van der Waals surface area contributed by atoms with Crippen molar-refractivity contribution in [1.82, 2.24) is 13.6 Å². The van der Waals surface area contributed by atoms with Crippen molar-refractivity contribution in [3.63, 3.8) is 0 Å². The Kier molecular flexibility index (Phi) is 11.1. The number of aromatic nitrogens is 1. The smallest absolute Gasteiger partial charge is 0.417 e. The summed E-state index contributed by atoms with van der Waals surface area (Å²) >= 11 is 6.01. The van der Waals surface area contributed by atoms with Gasteiger partial charge in [0.15, 0.2) is 6.09 Å². The number of aryl methyl sites for hydroxylation is 1. The molecule has 16 heteroatoms. The summed E-state index contributed by atoms with van der Waals surface area (Å²) in [6.45, 7) is 3.41. The van der Waals surface area contributed by atoms with Gasteiger partial charge in [0, 0.05) is 39.0 Å².